The summed E-state index contributed by atoms with van der Waals surface area (Å²) in [6, 6.07) is 7.62. The Kier molecular flexibility index (Phi) is 8.29. The number of halogens is 4. The molecular formula is C23H27F4N3O3. The first kappa shape index (κ1) is 26.0. The molecule has 0 saturated heterocycles. The molecule has 1 unspecified atom stereocenters. The Morgan fingerprint density at radius 1 is 1.03 bits per heavy atom. The van der Waals surface area contributed by atoms with Crippen LogP contribution in [0.1, 0.15) is 45.2 Å². The van der Waals surface area contributed by atoms with Gasteiger partial charge in [-0.05, 0) is 57.0 Å². The Morgan fingerprint density at radius 2 is 1.67 bits per heavy atom. The van der Waals surface area contributed by atoms with Gasteiger partial charge in [0.25, 0.3) is 0 Å². The number of hydrogen-bond donors (Lipinski definition) is 3. The normalized spacial score (nSPS) is 12.6. The Balaban J connectivity index is 2.25. The fourth-order valence-electron chi connectivity index (χ4n) is 2.90. The summed E-state index contributed by atoms with van der Waals surface area (Å²) < 4.78 is 59.1. The molecule has 0 aliphatic rings. The van der Waals surface area contributed by atoms with Gasteiger partial charge in [0.1, 0.15) is 17.5 Å². The molecule has 1 atom stereocenters. The molecule has 0 aliphatic carbocycles. The van der Waals surface area contributed by atoms with Crippen LogP contribution in [0.4, 0.5) is 33.7 Å². The predicted molar refractivity (Wildman–Crippen MR) is 117 cm³/mol. The van der Waals surface area contributed by atoms with Crippen molar-refractivity contribution in [3.63, 3.8) is 0 Å². The predicted octanol–water partition coefficient (Wildman–Crippen LogP) is 5.70. The maximum absolute atomic E-state index is 13.6. The lowest BCUT2D eigenvalue weighted by atomic mass is 10.1. The molecule has 33 heavy (non-hydrogen) atoms. The molecule has 0 aromatic heterocycles. The largest absolute Gasteiger partial charge is 0.444 e. The Morgan fingerprint density at radius 3 is 2.21 bits per heavy atom. The minimum absolute atomic E-state index is 0.0381. The maximum Gasteiger partial charge on any atom is 0.418 e. The van der Waals surface area contributed by atoms with Crippen molar-refractivity contribution in [1.29, 1.82) is 0 Å². The van der Waals surface area contributed by atoms with Crippen molar-refractivity contribution in [1.82, 2.24) is 5.32 Å². The highest BCUT2D eigenvalue weighted by Crippen LogP contribution is 2.39. The van der Waals surface area contributed by atoms with E-state index in [9.17, 15) is 27.2 Å². The first-order valence-electron chi connectivity index (χ1n) is 10.3. The van der Waals surface area contributed by atoms with E-state index in [1.54, 1.807) is 27.7 Å². The number of anilines is 2. The number of alkyl carbamates (subject to hydrolysis) is 1. The van der Waals surface area contributed by atoms with E-state index in [1.807, 2.05) is 0 Å². The number of hydrogen-bond acceptors (Lipinski definition) is 4. The van der Waals surface area contributed by atoms with Crippen LogP contribution in [0.15, 0.2) is 42.5 Å². The van der Waals surface area contributed by atoms with Gasteiger partial charge >= 0.3 is 12.3 Å². The highest BCUT2D eigenvalue weighted by Gasteiger charge is 2.35. The molecule has 6 nitrogen and oxygen atoms in total. The van der Waals surface area contributed by atoms with Gasteiger partial charge in [-0.1, -0.05) is 25.1 Å². The molecule has 0 aliphatic heterocycles. The number of carbonyl (C=O) groups excluding carboxylic acids is 2. The van der Waals surface area contributed by atoms with E-state index in [-0.39, 0.29) is 24.3 Å². The highest BCUT2D eigenvalue weighted by molar-refractivity contribution is 5.99. The van der Waals surface area contributed by atoms with E-state index in [0.29, 0.717) is 5.56 Å². The molecule has 0 saturated carbocycles. The summed E-state index contributed by atoms with van der Waals surface area (Å²) in [5.41, 5.74) is -1.66. The molecule has 0 fully saturated rings. The van der Waals surface area contributed by atoms with Crippen LogP contribution in [0.3, 0.4) is 0 Å². The second kappa shape index (κ2) is 10.5. The van der Waals surface area contributed by atoms with Gasteiger partial charge in [0.2, 0.25) is 5.91 Å². The minimum Gasteiger partial charge on any atom is -0.444 e. The smallest absolute Gasteiger partial charge is 0.418 e. The number of benzene rings is 2. The van der Waals surface area contributed by atoms with Gasteiger partial charge in [-0.15, -0.1) is 0 Å². The molecule has 2 aromatic rings. The van der Waals surface area contributed by atoms with Gasteiger partial charge in [-0.25, -0.2) is 9.18 Å². The van der Waals surface area contributed by atoms with Crippen LogP contribution >= 0.6 is 0 Å². The summed E-state index contributed by atoms with van der Waals surface area (Å²) in [5.74, 6) is -1.17. The zero-order valence-electron chi connectivity index (χ0n) is 18.8. The van der Waals surface area contributed by atoms with Crippen molar-refractivity contribution in [2.45, 2.75) is 58.5 Å². The fraction of sp³-hybridized carbons (Fsp3) is 0.391. The second-order valence-electron chi connectivity index (χ2n) is 8.30. The molecule has 180 valence electrons. The third kappa shape index (κ3) is 7.96. The summed E-state index contributed by atoms with van der Waals surface area (Å²) in [4.78, 5) is 24.8. The van der Waals surface area contributed by atoms with E-state index in [1.165, 1.54) is 36.4 Å². The molecule has 2 aromatic carbocycles. The lowest BCUT2D eigenvalue weighted by Gasteiger charge is -2.24. The van der Waals surface area contributed by atoms with E-state index in [2.05, 4.69) is 16.0 Å². The average molecular weight is 469 g/mol. The fourth-order valence-corrected chi connectivity index (χ4v) is 2.90. The SMILES string of the molecule is CCC(NC(=O)OC(C)(C)C)C(=O)Nc1cccc(C(F)(F)F)c1NCc1ccc(F)cc1. The third-order valence-corrected chi connectivity index (χ3v) is 4.43. The van der Waals surface area contributed by atoms with Crippen molar-refractivity contribution >= 4 is 23.4 Å². The van der Waals surface area contributed by atoms with E-state index in [4.69, 9.17) is 4.74 Å². The molecule has 0 radical (unpaired) electrons. The number of amides is 2. The van der Waals surface area contributed by atoms with Crippen LogP contribution in [-0.2, 0) is 22.3 Å². The van der Waals surface area contributed by atoms with Crippen molar-refractivity contribution in [2.24, 2.45) is 0 Å². The van der Waals surface area contributed by atoms with Crippen molar-refractivity contribution in [2.75, 3.05) is 10.6 Å². The Labute approximate surface area is 189 Å². The molecule has 0 bridgehead atoms. The van der Waals surface area contributed by atoms with Crippen molar-refractivity contribution in [3.05, 3.63) is 59.4 Å². The summed E-state index contributed by atoms with van der Waals surface area (Å²) >= 11 is 0. The van der Waals surface area contributed by atoms with E-state index < -0.39 is 41.2 Å². The van der Waals surface area contributed by atoms with E-state index in [0.717, 1.165) is 6.07 Å². The number of carbonyl (C=O) groups is 2. The highest BCUT2D eigenvalue weighted by atomic mass is 19.4. The number of alkyl halides is 3. The van der Waals surface area contributed by atoms with Gasteiger partial charge in [0.15, 0.2) is 0 Å². The van der Waals surface area contributed by atoms with Crippen molar-refractivity contribution in [3.8, 4) is 0 Å². The standard InChI is InChI=1S/C23H27F4N3O3/c1-5-17(30-21(32)33-22(2,3)4)20(31)29-18-8-6-7-16(23(25,26)27)19(18)28-13-14-9-11-15(24)12-10-14/h6-12,17,28H,5,13H2,1-4H3,(H,29,31)(H,30,32). The zero-order chi connectivity index (χ0) is 24.8. The molecular weight excluding hydrogens is 442 g/mol. The van der Waals surface area contributed by atoms with Gasteiger partial charge in [-0.2, -0.15) is 13.2 Å². The number of rotatable bonds is 7. The average Bonchev–Trinajstić information content (AvgIpc) is 2.70. The maximum atomic E-state index is 13.6. The van der Waals surface area contributed by atoms with Gasteiger partial charge in [0, 0.05) is 6.54 Å². The summed E-state index contributed by atoms with van der Waals surface area (Å²) in [6.45, 7) is 6.59. The molecule has 2 amide bonds. The first-order valence-corrected chi connectivity index (χ1v) is 10.3. The molecule has 0 spiro atoms. The van der Waals surface area contributed by atoms with Crippen LogP contribution in [0.5, 0.6) is 0 Å². The summed E-state index contributed by atoms with van der Waals surface area (Å²) in [7, 11) is 0. The quantitative estimate of drug-likeness (QED) is 0.455. The molecule has 10 heteroatoms. The monoisotopic (exact) mass is 469 g/mol. The lowest BCUT2D eigenvalue weighted by molar-refractivity contribution is -0.137. The number of para-hydroxylation sites is 1. The van der Waals surface area contributed by atoms with Crippen LogP contribution < -0.4 is 16.0 Å². The van der Waals surface area contributed by atoms with Crippen molar-refractivity contribution < 1.29 is 31.9 Å². The number of ether oxygens (including phenoxy) is 1. The summed E-state index contributed by atoms with van der Waals surface area (Å²) in [6.07, 6.45) is -5.32. The van der Waals surface area contributed by atoms with Gasteiger partial charge in [0.05, 0.1) is 16.9 Å². The topological polar surface area (TPSA) is 79.5 Å². The lowest BCUT2D eigenvalue weighted by Crippen LogP contribution is -2.45. The van der Waals surface area contributed by atoms with E-state index >= 15 is 0 Å². The molecule has 2 rings (SSSR count). The van der Waals surface area contributed by atoms with Crippen LogP contribution in [0.2, 0.25) is 0 Å². The summed E-state index contributed by atoms with van der Waals surface area (Å²) in [5, 5.41) is 7.56. The number of nitrogens with one attached hydrogen (secondary N) is 3. The first-order chi connectivity index (χ1) is 15.3. The second-order valence-corrected chi connectivity index (χ2v) is 8.30. The minimum atomic E-state index is -4.69. The Bertz CT molecular complexity index is 970. The van der Waals surface area contributed by atoms with Crippen LogP contribution in [-0.4, -0.2) is 23.6 Å². The van der Waals surface area contributed by atoms with Gasteiger partial charge < -0.3 is 20.7 Å². The molecule has 0 heterocycles. The molecule has 3 N–H and O–H groups in total. The third-order valence-electron chi connectivity index (χ3n) is 4.43. The zero-order valence-corrected chi connectivity index (χ0v) is 18.8. The van der Waals surface area contributed by atoms with Gasteiger partial charge in [-0.3, -0.25) is 4.79 Å². The van der Waals surface area contributed by atoms with Crippen LogP contribution in [0.25, 0.3) is 0 Å². The Hall–Kier alpha value is -3.30. The van der Waals surface area contributed by atoms with Crippen LogP contribution in [0, 0.1) is 5.82 Å².